The predicted molar refractivity (Wildman–Crippen MR) is 243 cm³/mol. The molecule has 0 fully saturated rings. The third-order valence-electron chi connectivity index (χ3n) is 12.0. The molecule has 4 aliphatic rings. The highest BCUT2D eigenvalue weighted by molar-refractivity contribution is 6.88. The van der Waals surface area contributed by atoms with Crippen LogP contribution in [0, 0.1) is 11.8 Å². The van der Waals surface area contributed by atoms with Crippen molar-refractivity contribution < 1.29 is 9.47 Å². The summed E-state index contributed by atoms with van der Waals surface area (Å²) in [4.78, 5) is 4.63. The summed E-state index contributed by atoms with van der Waals surface area (Å²) in [5.41, 5.74) is 11.3. The van der Waals surface area contributed by atoms with Gasteiger partial charge in [0.05, 0.1) is 19.9 Å². The lowest BCUT2D eigenvalue weighted by atomic mass is 9.68. The predicted octanol–water partition coefficient (Wildman–Crippen LogP) is 13.6. The molecule has 2 unspecified atom stereocenters. The standard InChI is InChI=1S/C53H42N2O2Si/c1-58(2,3)43-24-20-39(21-25-43)54(37-14-6-4-7-15-37)41-22-26-44-46-28-31-49-53-47(29-30-48(52(46)53)56-50(44)33-41)45-27-23-42(34-51(45)57-49)55(38-16-8-5-9-17-38)40-19-18-35-12-10-11-13-36(35)32-40/h4-34,52-53H,1-3H3. The van der Waals surface area contributed by atoms with Crippen molar-refractivity contribution >= 4 is 69.3 Å². The van der Waals surface area contributed by atoms with Gasteiger partial charge in [0, 0.05) is 57.4 Å². The SMILES string of the molecule is C[Si](C)(C)c1ccc(N(c2ccccc2)c2ccc3c(c2)OC2=CC=C4c5ccc(N(c6ccccc6)c6ccc7ccccc7c6)cc5OC5=CC=C3C2C54)cc1. The summed E-state index contributed by atoms with van der Waals surface area (Å²) in [6.45, 7) is 7.18. The van der Waals surface area contributed by atoms with Crippen LogP contribution in [0.1, 0.15) is 11.1 Å². The molecule has 0 N–H and O–H groups in total. The van der Waals surface area contributed by atoms with Crippen molar-refractivity contribution in [2.75, 3.05) is 9.80 Å². The van der Waals surface area contributed by atoms with Crippen LogP contribution in [0.25, 0.3) is 21.9 Å². The molecule has 2 aliphatic carbocycles. The third-order valence-corrected chi connectivity index (χ3v) is 14.1. The van der Waals surface area contributed by atoms with E-state index in [1.165, 1.54) is 27.1 Å². The normalized spacial score (nSPS) is 17.2. The Morgan fingerprint density at radius 2 is 0.828 bits per heavy atom. The van der Waals surface area contributed by atoms with Gasteiger partial charge in [-0.15, -0.1) is 0 Å². The lowest BCUT2D eigenvalue weighted by Crippen LogP contribution is -2.37. The van der Waals surface area contributed by atoms with Crippen LogP contribution in [0.15, 0.2) is 200 Å². The van der Waals surface area contributed by atoms with E-state index in [9.17, 15) is 0 Å². The Balaban J connectivity index is 0.962. The van der Waals surface area contributed by atoms with E-state index < -0.39 is 8.07 Å². The van der Waals surface area contributed by atoms with Gasteiger partial charge in [0.25, 0.3) is 0 Å². The average Bonchev–Trinajstić information content (AvgIpc) is 3.25. The molecule has 2 aliphatic heterocycles. The fourth-order valence-electron chi connectivity index (χ4n) is 9.14. The van der Waals surface area contributed by atoms with Gasteiger partial charge < -0.3 is 19.3 Å². The van der Waals surface area contributed by atoms with Crippen molar-refractivity contribution in [2.45, 2.75) is 19.6 Å². The van der Waals surface area contributed by atoms with E-state index in [1.807, 2.05) is 0 Å². The Bertz CT molecular complexity index is 2890. The van der Waals surface area contributed by atoms with Gasteiger partial charge in [-0.25, -0.2) is 0 Å². The number of para-hydroxylation sites is 2. The van der Waals surface area contributed by atoms with Crippen molar-refractivity contribution in [1.29, 1.82) is 0 Å². The minimum absolute atomic E-state index is 0.0302. The second-order valence-corrected chi connectivity index (χ2v) is 21.7. The van der Waals surface area contributed by atoms with Crippen LogP contribution in [0.4, 0.5) is 34.1 Å². The van der Waals surface area contributed by atoms with Crippen LogP contribution in [-0.2, 0) is 0 Å². The summed E-state index contributed by atoms with van der Waals surface area (Å²) in [7, 11) is -1.44. The first-order valence-electron chi connectivity index (χ1n) is 20.2. The molecule has 2 heterocycles. The number of anilines is 6. The van der Waals surface area contributed by atoms with Gasteiger partial charge in [0.1, 0.15) is 23.0 Å². The summed E-state index contributed by atoms with van der Waals surface area (Å²) in [6, 6.07) is 58.8. The van der Waals surface area contributed by atoms with Gasteiger partial charge in [-0.05, 0) is 107 Å². The maximum atomic E-state index is 6.90. The molecule has 2 atom stereocenters. The summed E-state index contributed by atoms with van der Waals surface area (Å²) >= 11 is 0. The van der Waals surface area contributed by atoms with Crippen LogP contribution >= 0.6 is 0 Å². The number of nitrogens with zero attached hydrogens (tertiary/aromatic N) is 2. The van der Waals surface area contributed by atoms with Gasteiger partial charge in [-0.3, -0.25) is 0 Å². The lowest BCUT2D eigenvalue weighted by molar-refractivity contribution is 0.286. The zero-order valence-corrected chi connectivity index (χ0v) is 33.8. The van der Waals surface area contributed by atoms with E-state index >= 15 is 0 Å². The highest BCUT2D eigenvalue weighted by Gasteiger charge is 2.46. The largest absolute Gasteiger partial charge is 0.460 e. The molecule has 7 aromatic rings. The molecule has 0 spiro atoms. The summed E-state index contributed by atoms with van der Waals surface area (Å²) in [5.74, 6) is 3.70. The van der Waals surface area contributed by atoms with Gasteiger partial charge in [0.15, 0.2) is 0 Å². The molecular weight excluding hydrogens is 725 g/mol. The molecule has 4 nitrogen and oxygen atoms in total. The van der Waals surface area contributed by atoms with E-state index in [0.29, 0.717) is 0 Å². The fourth-order valence-corrected chi connectivity index (χ4v) is 10.3. The molecular formula is C53H42N2O2Si. The van der Waals surface area contributed by atoms with Crippen molar-refractivity contribution in [2.24, 2.45) is 11.8 Å². The van der Waals surface area contributed by atoms with E-state index in [0.717, 1.165) is 68.3 Å². The first-order valence-corrected chi connectivity index (χ1v) is 23.7. The highest BCUT2D eigenvalue weighted by atomic mass is 28.3. The second kappa shape index (κ2) is 13.4. The molecule has 0 saturated carbocycles. The molecule has 0 bridgehead atoms. The number of fused-ring (bicyclic) bond motifs is 5. The van der Waals surface area contributed by atoms with Gasteiger partial charge >= 0.3 is 0 Å². The Hall–Kier alpha value is -6.82. The molecule has 7 aromatic carbocycles. The lowest BCUT2D eigenvalue weighted by Gasteiger charge is -2.44. The van der Waals surface area contributed by atoms with Crippen LogP contribution in [0.2, 0.25) is 19.6 Å². The monoisotopic (exact) mass is 766 g/mol. The number of ether oxygens (including phenoxy) is 2. The molecule has 0 aromatic heterocycles. The zero-order chi connectivity index (χ0) is 39.0. The molecule has 5 heteroatoms. The summed E-state index contributed by atoms with van der Waals surface area (Å²) in [5, 5.41) is 3.87. The quantitative estimate of drug-likeness (QED) is 0.151. The van der Waals surface area contributed by atoms with Crippen molar-refractivity contribution in [3.05, 3.63) is 211 Å². The van der Waals surface area contributed by atoms with Crippen LogP contribution in [0.3, 0.4) is 0 Å². The number of rotatable bonds is 7. The summed E-state index contributed by atoms with van der Waals surface area (Å²) < 4.78 is 13.8. The smallest absolute Gasteiger partial charge is 0.136 e. The summed E-state index contributed by atoms with van der Waals surface area (Å²) in [6.07, 6.45) is 8.86. The van der Waals surface area contributed by atoms with Crippen LogP contribution in [-0.4, -0.2) is 8.07 Å². The van der Waals surface area contributed by atoms with Crippen molar-refractivity contribution in [3.63, 3.8) is 0 Å². The number of benzene rings is 7. The minimum atomic E-state index is -1.44. The molecule has 0 radical (unpaired) electrons. The second-order valence-electron chi connectivity index (χ2n) is 16.6. The van der Waals surface area contributed by atoms with E-state index in [1.54, 1.807) is 0 Å². The number of hydrogen-bond acceptors (Lipinski definition) is 4. The average molecular weight is 767 g/mol. The van der Waals surface area contributed by atoms with Crippen LogP contribution < -0.4 is 24.5 Å². The van der Waals surface area contributed by atoms with Gasteiger partial charge in [0.2, 0.25) is 0 Å². The highest BCUT2D eigenvalue weighted by Crippen LogP contribution is 2.58. The van der Waals surface area contributed by atoms with Crippen molar-refractivity contribution in [1.82, 2.24) is 0 Å². The number of hydrogen-bond donors (Lipinski definition) is 0. The Kier molecular flexibility index (Phi) is 7.95. The van der Waals surface area contributed by atoms with E-state index in [-0.39, 0.29) is 11.8 Å². The Labute approximate surface area is 340 Å². The maximum Gasteiger partial charge on any atom is 0.136 e. The first-order chi connectivity index (χ1) is 28.4. The Morgan fingerprint density at radius 3 is 1.36 bits per heavy atom. The molecule has 0 amide bonds. The fraction of sp³-hybridized carbons (Fsp3) is 0.0943. The third kappa shape index (κ3) is 5.73. The van der Waals surface area contributed by atoms with E-state index in [2.05, 4.69) is 218 Å². The molecule has 0 saturated heterocycles. The van der Waals surface area contributed by atoms with Crippen molar-refractivity contribution in [3.8, 4) is 11.5 Å². The van der Waals surface area contributed by atoms with Gasteiger partial charge in [-0.2, -0.15) is 0 Å². The first kappa shape index (κ1) is 34.4. The van der Waals surface area contributed by atoms with E-state index in [4.69, 9.17) is 9.47 Å². The maximum absolute atomic E-state index is 6.90. The zero-order valence-electron chi connectivity index (χ0n) is 32.8. The Morgan fingerprint density at radius 1 is 0.397 bits per heavy atom. The minimum Gasteiger partial charge on any atom is -0.460 e. The molecule has 58 heavy (non-hydrogen) atoms. The molecule has 280 valence electrons. The number of allylic oxidation sites excluding steroid dienone is 6. The van der Waals surface area contributed by atoms with Crippen LogP contribution in [0.5, 0.6) is 11.5 Å². The topological polar surface area (TPSA) is 24.9 Å². The van der Waals surface area contributed by atoms with Gasteiger partial charge in [-0.1, -0.05) is 116 Å². The molecule has 11 rings (SSSR count).